The van der Waals surface area contributed by atoms with Crippen LogP contribution in [0.1, 0.15) is 0 Å². The van der Waals surface area contributed by atoms with Crippen molar-refractivity contribution in [1.82, 2.24) is 0 Å². The minimum Gasteiger partial charge on any atom is -0.321 e. The summed E-state index contributed by atoms with van der Waals surface area (Å²) in [6.07, 6.45) is 5.02. The van der Waals surface area contributed by atoms with Crippen LogP contribution < -0.4 is 5.84 Å². The normalized spacial score (nSPS) is 29.4. The second-order valence-corrected chi connectivity index (χ2v) is 2.07. The molecule has 0 amide bonds. The van der Waals surface area contributed by atoms with E-state index in [9.17, 15) is 0 Å². The van der Waals surface area contributed by atoms with E-state index in [0.29, 0.717) is 5.84 Å². The highest BCUT2D eigenvalue weighted by molar-refractivity contribution is 6.31. The van der Waals surface area contributed by atoms with Crippen molar-refractivity contribution in [1.29, 1.82) is 0 Å². The zero-order valence-electron chi connectivity index (χ0n) is 4.66. The van der Waals surface area contributed by atoms with E-state index in [2.05, 4.69) is 10.1 Å². The number of hydrogen-bond donors (Lipinski definition) is 1. The van der Waals surface area contributed by atoms with Crippen LogP contribution in [0.25, 0.3) is 0 Å². The third kappa shape index (κ3) is 1.54. The number of nitrogens with zero attached hydrogens (tertiary/aromatic N) is 2. The average Bonchev–Trinajstić information content (AvgIpc) is 1.90. The summed E-state index contributed by atoms with van der Waals surface area (Å²) in [5.41, 5.74) is 0. The zero-order valence-corrected chi connectivity index (χ0v) is 5.42. The van der Waals surface area contributed by atoms with Gasteiger partial charge in [0.25, 0.3) is 0 Å². The lowest BCUT2D eigenvalue weighted by atomic mass is 10.3. The van der Waals surface area contributed by atoms with Crippen LogP contribution in [0.5, 0.6) is 0 Å². The number of amidine groups is 1. The van der Waals surface area contributed by atoms with E-state index >= 15 is 0 Å². The molecule has 9 heavy (non-hydrogen) atoms. The van der Waals surface area contributed by atoms with Crippen molar-refractivity contribution in [2.24, 2.45) is 15.9 Å². The Hall–Kier alpha value is -0.830. The number of aliphatic imine (C=N–C) groups is 1. The van der Waals surface area contributed by atoms with Gasteiger partial charge < -0.3 is 5.84 Å². The van der Waals surface area contributed by atoms with E-state index in [4.69, 9.17) is 17.4 Å². The van der Waals surface area contributed by atoms with E-state index in [-0.39, 0.29) is 5.38 Å². The molecule has 0 saturated heterocycles. The fraction of sp³-hybridized carbons (Fsp3) is 0.200. The summed E-state index contributed by atoms with van der Waals surface area (Å²) in [6, 6.07) is 0. The maximum absolute atomic E-state index is 5.61. The van der Waals surface area contributed by atoms with Crippen molar-refractivity contribution < 1.29 is 0 Å². The highest BCUT2D eigenvalue weighted by atomic mass is 35.5. The molecule has 0 bridgehead atoms. The van der Waals surface area contributed by atoms with Gasteiger partial charge in [0, 0.05) is 6.21 Å². The van der Waals surface area contributed by atoms with Crippen molar-refractivity contribution in [3.8, 4) is 0 Å². The molecule has 3 nitrogen and oxygen atoms in total. The van der Waals surface area contributed by atoms with E-state index in [1.54, 1.807) is 18.4 Å². The highest BCUT2D eigenvalue weighted by Crippen LogP contribution is 2.00. The molecule has 0 fully saturated rings. The van der Waals surface area contributed by atoms with Crippen LogP contribution in [0.4, 0.5) is 0 Å². The van der Waals surface area contributed by atoms with Crippen LogP contribution in [-0.2, 0) is 0 Å². The molecular formula is C5H6ClN3. The predicted molar refractivity (Wildman–Crippen MR) is 38.9 cm³/mol. The number of hydrogen-bond acceptors (Lipinski definition) is 2. The topological polar surface area (TPSA) is 50.7 Å². The first kappa shape index (κ1) is 6.29. The Morgan fingerprint density at radius 1 is 1.78 bits per heavy atom. The van der Waals surface area contributed by atoms with Gasteiger partial charge in [-0.2, -0.15) is 5.10 Å². The summed E-state index contributed by atoms with van der Waals surface area (Å²) < 4.78 is 0. The molecule has 0 radical (unpaired) electrons. The Kier molecular flexibility index (Phi) is 1.85. The molecule has 0 aliphatic carbocycles. The van der Waals surface area contributed by atoms with Crippen molar-refractivity contribution >= 4 is 23.7 Å². The molecule has 0 spiro atoms. The van der Waals surface area contributed by atoms with E-state index in [1.165, 1.54) is 0 Å². The van der Waals surface area contributed by atoms with E-state index in [0.717, 1.165) is 0 Å². The van der Waals surface area contributed by atoms with Crippen LogP contribution in [0.3, 0.4) is 0 Å². The summed E-state index contributed by atoms with van der Waals surface area (Å²) in [5, 5.41) is 3.24. The second-order valence-electron chi connectivity index (χ2n) is 1.57. The third-order valence-corrected chi connectivity index (χ3v) is 1.17. The number of dihydropyridines is 1. The molecule has 1 aliphatic heterocycles. The number of alkyl halides is 1. The zero-order chi connectivity index (χ0) is 6.69. The van der Waals surface area contributed by atoms with Gasteiger partial charge in [-0.1, -0.05) is 6.08 Å². The Morgan fingerprint density at radius 3 is 3.00 bits per heavy atom. The lowest BCUT2D eigenvalue weighted by molar-refractivity contribution is 1.23. The second kappa shape index (κ2) is 2.64. The summed E-state index contributed by atoms with van der Waals surface area (Å²) in [6.45, 7) is 0. The Labute approximate surface area is 57.9 Å². The Balaban J connectivity index is 2.70. The van der Waals surface area contributed by atoms with Crippen LogP contribution in [0.15, 0.2) is 22.2 Å². The van der Waals surface area contributed by atoms with Crippen LogP contribution in [0, 0.1) is 0 Å². The minimum atomic E-state index is -0.115. The molecule has 0 aromatic carbocycles. The molecule has 0 aromatic rings. The molecule has 1 atom stereocenters. The first-order valence-corrected chi connectivity index (χ1v) is 2.91. The maximum Gasteiger partial charge on any atom is 0.170 e. The summed E-state index contributed by atoms with van der Waals surface area (Å²) in [4.78, 5) is 3.81. The molecule has 1 unspecified atom stereocenters. The predicted octanol–water partition coefficient (Wildman–Crippen LogP) is 0.507. The molecule has 0 aromatic heterocycles. The lowest BCUT2D eigenvalue weighted by Gasteiger charge is -1.99. The smallest absolute Gasteiger partial charge is 0.170 e. The van der Waals surface area contributed by atoms with Gasteiger partial charge in [-0.05, 0) is 6.08 Å². The lowest BCUT2D eigenvalue weighted by Crippen LogP contribution is -2.06. The SMILES string of the molecule is N/N=C1\C=CC(Cl)C=N1. The Morgan fingerprint density at radius 2 is 2.56 bits per heavy atom. The molecule has 1 aliphatic rings. The summed E-state index contributed by atoms with van der Waals surface area (Å²) >= 11 is 5.61. The monoisotopic (exact) mass is 143 g/mol. The van der Waals surface area contributed by atoms with Crippen LogP contribution in [-0.4, -0.2) is 17.4 Å². The largest absolute Gasteiger partial charge is 0.321 e. The van der Waals surface area contributed by atoms with Gasteiger partial charge in [0.05, 0.1) is 5.38 Å². The number of rotatable bonds is 0. The molecule has 4 heteroatoms. The number of hydrazone groups is 1. The molecule has 48 valence electrons. The number of allylic oxidation sites excluding steroid dienone is 1. The fourth-order valence-corrected chi connectivity index (χ4v) is 0.624. The Bertz CT molecular complexity index is 167. The van der Waals surface area contributed by atoms with Gasteiger partial charge in [0.2, 0.25) is 0 Å². The van der Waals surface area contributed by atoms with Gasteiger partial charge in [-0.3, -0.25) is 0 Å². The quantitative estimate of drug-likeness (QED) is 0.300. The van der Waals surface area contributed by atoms with Gasteiger partial charge >= 0.3 is 0 Å². The average molecular weight is 144 g/mol. The summed E-state index contributed by atoms with van der Waals surface area (Å²) in [7, 11) is 0. The first-order valence-electron chi connectivity index (χ1n) is 2.47. The van der Waals surface area contributed by atoms with Gasteiger partial charge in [-0.15, -0.1) is 11.6 Å². The van der Waals surface area contributed by atoms with E-state index in [1.807, 2.05) is 0 Å². The molecule has 1 rings (SSSR count). The standard InChI is InChI=1S/C5H6ClN3/c6-4-1-2-5(9-7)8-3-4/h1-4H,7H2/b9-5+. The summed E-state index contributed by atoms with van der Waals surface area (Å²) in [5.74, 6) is 5.43. The number of nitrogens with two attached hydrogens (primary N) is 1. The van der Waals surface area contributed by atoms with E-state index < -0.39 is 0 Å². The van der Waals surface area contributed by atoms with Gasteiger partial charge in [-0.25, -0.2) is 4.99 Å². The number of halogens is 1. The minimum absolute atomic E-state index is 0.115. The molecular weight excluding hydrogens is 138 g/mol. The first-order chi connectivity index (χ1) is 4.33. The van der Waals surface area contributed by atoms with Crippen molar-refractivity contribution in [2.75, 3.05) is 0 Å². The molecule has 1 heterocycles. The van der Waals surface area contributed by atoms with Crippen molar-refractivity contribution in [2.45, 2.75) is 5.38 Å². The van der Waals surface area contributed by atoms with Gasteiger partial charge in [0.1, 0.15) is 0 Å². The highest BCUT2D eigenvalue weighted by Gasteiger charge is 2.00. The third-order valence-electron chi connectivity index (χ3n) is 0.911. The molecule has 2 N–H and O–H groups in total. The fourth-order valence-electron chi connectivity index (χ4n) is 0.495. The van der Waals surface area contributed by atoms with Gasteiger partial charge in [0.15, 0.2) is 5.84 Å². The van der Waals surface area contributed by atoms with Crippen LogP contribution >= 0.6 is 11.6 Å². The maximum atomic E-state index is 5.61. The van der Waals surface area contributed by atoms with Crippen molar-refractivity contribution in [3.63, 3.8) is 0 Å². The molecule has 0 saturated carbocycles. The van der Waals surface area contributed by atoms with Crippen molar-refractivity contribution in [3.05, 3.63) is 12.2 Å². The van der Waals surface area contributed by atoms with Crippen LogP contribution in [0.2, 0.25) is 0 Å².